The van der Waals surface area contributed by atoms with Gasteiger partial charge in [0.2, 0.25) is 5.91 Å². The molecule has 5 heteroatoms. The lowest BCUT2D eigenvalue weighted by Crippen LogP contribution is -2.29. The highest BCUT2D eigenvalue weighted by Gasteiger charge is 2.20. The Morgan fingerprint density at radius 3 is 2.38 bits per heavy atom. The number of hydrogen-bond donors (Lipinski definition) is 3. The van der Waals surface area contributed by atoms with Crippen LogP contribution in [0.3, 0.4) is 0 Å². The van der Waals surface area contributed by atoms with Crippen molar-refractivity contribution in [2.75, 3.05) is 18.9 Å². The van der Waals surface area contributed by atoms with E-state index in [4.69, 9.17) is 5.73 Å². The van der Waals surface area contributed by atoms with E-state index in [2.05, 4.69) is 17.6 Å². The molecule has 1 unspecified atom stereocenters. The van der Waals surface area contributed by atoms with Gasteiger partial charge in [0, 0.05) is 12.1 Å². The molecular formula is C21H28FN3O. The van der Waals surface area contributed by atoms with Gasteiger partial charge in [0.1, 0.15) is 5.82 Å². The highest BCUT2D eigenvalue weighted by molar-refractivity contribution is 5.97. The van der Waals surface area contributed by atoms with Crippen LogP contribution in [0.15, 0.2) is 55.1 Å². The Labute approximate surface area is 155 Å². The largest absolute Gasteiger partial charge is 0.333 e. The molecule has 0 spiro atoms. The van der Waals surface area contributed by atoms with Crippen molar-refractivity contribution in [3.63, 3.8) is 0 Å². The molecule has 0 fully saturated rings. The number of nitrogens with one attached hydrogen (secondary N) is 1. The maximum absolute atomic E-state index is 14.4. The van der Waals surface area contributed by atoms with Crippen molar-refractivity contribution in [1.29, 1.82) is 0 Å². The van der Waals surface area contributed by atoms with Crippen LogP contribution in [0.1, 0.15) is 30.9 Å². The molecule has 0 heterocycles. The van der Waals surface area contributed by atoms with Crippen LogP contribution in [-0.4, -0.2) is 19.5 Å². The van der Waals surface area contributed by atoms with E-state index in [-0.39, 0.29) is 24.1 Å². The van der Waals surface area contributed by atoms with E-state index in [1.165, 1.54) is 13.1 Å². The average molecular weight is 357 g/mol. The van der Waals surface area contributed by atoms with Crippen LogP contribution >= 0.6 is 0 Å². The van der Waals surface area contributed by atoms with Crippen LogP contribution in [0.25, 0.3) is 5.57 Å². The van der Waals surface area contributed by atoms with Gasteiger partial charge in [-0.1, -0.05) is 62.4 Å². The Balaban J connectivity index is 0.00000163. The summed E-state index contributed by atoms with van der Waals surface area (Å²) in [6.07, 6.45) is 1.52. The van der Waals surface area contributed by atoms with Gasteiger partial charge in [-0.05, 0) is 30.7 Å². The molecule has 2 aromatic rings. The fourth-order valence-corrected chi connectivity index (χ4v) is 2.63. The molecule has 0 aliphatic heterocycles. The number of nitrogens with two attached hydrogens (primary N) is 2. The van der Waals surface area contributed by atoms with Crippen LogP contribution < -0.4 is 16.8 Å². The molecule has 0 aromatic heterocycles. The summed E-state index contributed by atoms with van der Waals surface area (Å²) in [6, 6.07) is 14.2. The first-order chi connectivity index (χ1) is 12.6. The highest BCUT2D eigenvalue weighted by atomic mass is 19.1. The number of hydrogen-bond acceptors (Lipinski definition) is 3. The van der Waals surface area contributed by atoms with E-state index < -0.39 is 5.82 Å². The minimum Gasteiger partial charge on any atom is -0.333 e. The zero-order valence-electron chi connectivity index (χ0n) is 15.5. The lowest BCUT2D eigenvalue weighted by molar-refractivity contribution is -0.119. The number of anilines is 1. The first-order valence-corrected chi connectivity index (χ1v) is 8.70. The Morgan fingerprint density at radius 2 is 1.81 bits per heavy atom. The Morgan fingerprint density at radius 1 is 1.15 bits per heavy atom. The predicted octanol–water partition coefficient (Wildman–Crippen LogP) is 3.78. The van der Waals surface area contributed by atoms with Gasteiger partial charge in [0.05, 0.1) is 11.6 Å². The molecule has 0 aliphatic carbocycles. The SMILES string of the molecule is C=C(c1ccccc1)c1cccc(F)c1NC(=O)C(CN)CCC.CN. The third-order valence-corrected chi connectivity index (χ3v) is 4.00. The van der Waals surface area contributed by atoms with E-state index in [0.717, 1.165) is 12.0 Å². The van der Waals surface area contributed by atoms with E-state index >= 15 is 0 Å². The summed E-state index contributed by atoms with van der Waals surface area (Å²) in [6.45, 7) is 6.29. The summed E-state index contributed by atoms with van der Waals surface area (Å²) < 4.78 is 14.4. The molecule has 140 valence electrons. The molecular weight excluding hydrogens is 329 g/mol. The minimum absolute atomic E-state index is 0.158. The van der Waals surface area contributed by atoms with Gasteiger partial charge in [0.25, 0.3) is 0 Å². The number of benzene rings is 2. The maximum atomic E-state index is 14.4. The van der Waals surface area contributed by atoms with Gasteiger partial charge in [0.15, 0.2) is 0 Å². The second kappa shape index (κ2) is 11.2. The monoisotopic (exact) mass is 357 g/mol. The molecule has 1 atom stereocenters. The second-order valence-electron chi connectivity index (χ2n) is 5.72. The summed E-state index contributed by atoms with van der Waals surface area (Å²) in [4.78, 5) is 12.4. The zero-order chi connectivity index (χ0) is 19.5. The lowest BCUT2D eigenvalue weighted by atomic mass is 9.97. The number of rotatable bonds is 7. The van der Waals surface area contributed by atoms with Crippen molar-refractivity contribution < 1.29 is 9.18 Å². The zero-order valence-corrected chi connectivity index (χ0v) is 15.5. The van der Waals surface area contributed by atoms with Crippen molar-refractivity contribution in [2.24, 2.45) is 17.4 Å². The molecule has 0 saturated carbocycles. The van der Waals surface area contributed by atoms with E-state index in [1.54, 1.807) is 12.1 Å². The molecule has 0 bridgehead atoms. The normalized spacial score (nSPS) is 11.1. The van der Waals surface area contributed by atoms with Crippen molar-refractivity contribution in [2.45, 2.75) is 19.8 Å². The van der Waals surface area contributed by atoms with Crippen molar-refractivity contribution in [3.05, 3.63) is 72.1 Å². The quantitative estimate of drug-likeness (QED) is 0.705. The molecule has 4 nitrogen and oxygen atoms in total. The lowest BCUT2D eigenvalue weighted by Gasteiger charge is -2.18. The topological polar surface area (TPSA) is 81.1 Å². The molecule has 0 saturated heterocycles. The summed E-state index contributed by atoms with van der Waals surface area (Å²) >= 11 is 0. The minimum atomic E-state index is -0.481. The number of halogens is 1. The summed E-state index contributed by atoms with van der Waals surface area (Å²) in [5.74, 6) is -1.07. The number of carbonyl (C=O) groups is 1. The Kier molecular flexibility index (Phi) is 9.26. The third-order valence-electron chi connectivity index (χ3n) is 4.00. The molecule has 5 N–H and O–H groups in total. The van der Waals surface area contributed by atoms with Crippen LogP contribution in [0.5, 0.6) is 0 Å². The number of amides is 1. The summed E-state index contributed by atoms with van der Waals surface area (Å²) in [7, 11) is 1.50. The maximum Gasteiger partial charge on any atom is 0.228 e. The molecule has 1 amide bonds. The fraction of sp³-hybridized carbons (Fsp3) is 0.286. The predicted molar refractivity (Wildman–Crippen MR) is 107 cm³/mol. The number of carbonyl (C=O) groups excluding carboxylic acids is 1. The second-order valence-corrected chi connectivity index (χ2v) is 5.72. The van der Waals surface area contributed by atoms with Gasteiger partial charge in [-0.15, -0.1) is 0 Å². The Hall–Kier alpha value is -2.50. The third kappa shape index (κ3) is 5.51. The molecule has 0 aliphatic rings. The van der Waals surface area contributed by atoms with Crippen molar-refractivity contribution >= 4 is 17.2 Å². The van der Waals surface area contributed by atoms with Crippen LogP contribution in [0, 0.1) is 11.7 Å². The van der Waals surface area contributed by atoms with Gasteiger partial charge in [-0.2, -0.15) is 0 Å². The molecule has 0 radical (unpaired) electrons. The molecule has 2 rings (SSSR count). The van der Waals surface area contributed by atoms with Crippen LogP contribution in [0.2, 0.25) is 0 Å². The van der Waals surface area contributed by atoms with Crippen molar-refractivity contribution in [1.82, 2.24) is 0 Å². The average Bonchev–Trinajstić information content (AvgIpc) is 2.69. The first kappa shape index (κ1) is 21.5. The summed E-state index contributed by atoms with van der Waals surface area (Å²) in [5, 5.41) is 2.71. The van der Waals surface area contributed by atoms with Gasteiger partial charge < -0.3 is 16.8 Å². The van der Waals surface area contributed by atoms with Crippen molar-refractivity contribution in [3.8, 4) is 0 Å². The van der Waals surface area contributed by atoms with Crippen LogP contribution in [0.4, 0.5) is 10.1 Å². The van der Waals surface area contributed by atoms with Gasteiger partial charge in [-0.25, -0.2) is 4.39 Å². The Bertz CT molecular complexity index is 716. The van der Waals surface area contributed by atoms with E-state index in [9.17, 15) is 9.18 Å². The van der Waals surface area contributed by atoms with E-state index in [1.807, 2.05) is 37.3 Å². The molecule has 2 aromatic carbocycles. The smallest absolute Gasteiger partial charge is 0.228 e. The van der Waals surface area contributed by atoms with Crippen LogP contribution in [-0.2, 0) is 4.79 Å². The van der Waals surface area contributed by atoms with E-state index in [0.29, 0.717) is 17.6 Å². The molecule has 26 heavy (non-hydrogen) atoms. The van der Waals surface area contributed by atoms with Gasteiger partial charge >= 0.3 is 0 Å². The highest BCUT2D eigenvalue weighted by Crippen LogP contribution is 2.30. The number of para-hydroxylation sites is 1. The first-order valence-electron chi connectivity index (χ1n) is 8.70. The standard InChI is InChI=1S/C20H23FN2O.CH5N/c1-3-8-16(13-22)20(24)23-19-17(11-7-12-18(19)21)14(2)15-9-5-4-6-10-15;1-2/h4-7,9-12,16H,2-3,8,13,22H2,1H3,(H,23,24);2H2,1H3. The summed E-state index contributed by atoms with van der Waals surface area (Å²) in [5.41, 5.74) is 12.4. The fourth-order valence-electron chi connectivity index (χ4n) is 2.63. The van der Waals surface area contributed by atoms with Gasteiger partial charge in [-0.3, -0.25) is 4.79 Å².